The third-order valence-corrected chi connectivity index (χ3v) is 5.98. The minimum Gasteiger partial charge on any atom is -0.310 e. The van der Waals surface area contributed by atoms with Crippen LogP contribution in [-0.4, -0.2) is 38.1 Å². The minimum absolute atomic E-state index is 0.0860. The molecule has 148 valence electrons. The SMILES string of the molecule is C[C@H](C(=O)N1CCCc2ccccc21)N(c1cccc([N+](=O)[O-])c1)S(C)(=O)=O. The Morgan fingerprint density at radius 1 is 1.21 bits per heavy atom. The van der Waals surface area contributed by atoms with E-state index >= 15 is 0 Å². The molecule has 3 rings (SSSR count). The monoisotopic (exact) mass is 403 g/mol. The van der Waals surface area contributed by atoms with Gasteiger partial charge in [-0.05, 0) is 37.5 Å². The summed E-state index contributed by atoms with van der Waals surface area (Å²) in [6.07, 6.45) is 2.62. The van der Waals surface area contributed by atoms with Crippen LogP contribution in [0, 0.1) is 10.1 Å². The summed E-state index contributed by atoms with van der Waals surface area (Å²) in [5, 5.41) is 11.1. The summed E-state index contributed by atoms with van der Waals surface area (Å²) in [6, 6.07) is 11.8. The molecule has 0 fully saturated rings. The van der Waals surface area contributed by atoms with Crippen LogP contribution >= 0.6 is 0 Å². The van der Waals surface area contributed by atoms with E-state index in [0.717, 1.165) is 40.7 Å². The Morgan fingerprint density at radius 2 is 1.93 bits per heavy atom. The largest absolute Gasteiger partial charge is 0.310 e. The molecule has 9 heteroatoms. The van der Waals surface area contributed by atoms with E-state index in [-0.39, 0.29) is 17.3 Å². The number of non-ortho nitro benzene ring substituents is 1. The highest BCUT2D eigenvalue weighted by Crippen LogP contribution is 2.30. The first kappa shape index (κ1) is 19.8. The molecule has 2 aromatic carbocycles. The van der Waals surface area contributed by atoms with E-state index in [1.807, 2.05) is 24.3 Å². The van der Waals surface area contributed by atoms with Gasteiger partial charge in [0.25, 0.3) is 11.6 Å². The van der Waals surface area contributed by atoms with E-state index in [2.05, 4.69) is 0 Å². The fourth-order valence-electron chi connectivity index (χ4n) is 3.53. The van der Waals surface area contributed by atoms with Crippen LogP contribution in [-0.2, 0) is 21.2 Å². The number of nitro benzene ring substituents is 1. The average Bonchev–Trinajstić information content (AvgIpc) is 2.66. The first-order valence-corrected chi connectivity index (χ1v) is 10.7. The van der Waals surface area contributed by atoms with Crippen molar-refractivity contribution in [2.24, 2.45) is 0 Å². The summed E-state index contributed by atoms with van der Waals surface area (Å²) < 4.78 is 25.9. The van der Waals surface area contributed by atoms with Gasteiger partial charge in [0, 0.05) is 24.4 Å². The van der Waals surface area contributed by atoms with E-state index in [1.165, 1.54) is 25.1 Å². The van der Waals surface area contributed by atoms with Gasteiger partial charge in [-0.3, -0.25) is 19.2 Å². The fraction of sp³-hybridized carbons (Fsp3) is 0.316. The first-order valence-electron chi connectivity index (χ1n) is 8.83. The molecule has 8 nitrogen and oxygen atoms in total. The lowest BCUT2D eigenvalue weighted by Gasteiger charge is -2.35. The smallest absolute Gasteiger partial charge is 0.271 e. The lowest BCUT2D eigenvalue weighted by Crippen LogP contribution is -2.50. The summed E-state index contributed by atoms with van der Waals surface area (Å²) >= 11 is 0. The zero-order chi connectivity index (χ0) is 20.5. The summed E-state index contributed by atoms with van der Waals surface area (Å²) in [5.41, 5.74) is 1.66. The molecule has 0 saturated heterocycles. The maximum absolute atomic E-state index is 13.2. The van der Waals surface area contributed by atoms with Crippen LogP contribution in [0.15, 0.2) is 48.5 Å². The number of rotatable bonds is 5. The van der Waals surface area contributed by atoms with Crippen LogP contribution in [0.2, 0.25) is 0 Å². The van der Waals surface area contributed by atoms with Gasteiger partial charge in [0.15, 0.2) is 0 Å². The maximum atomic E-state index is 13.2. The topological polar surface area (TPSA) is 101 Å². The molecule has 28 heavy (non-hydrogen) atoms. The number of nitrogens with zero attached hydrogens (tertiary/aromatic N) is 3. The first-order chi connectivity index (χ1) is 13.2. The van der Waals surface area contributed by atoms with Crippen LogP contribution in [0.1, 0.15) is 18.9 Å². The molecule has 1 heterocycles. The lowest BCUT2D eigenvalue weighted by molar-refractivity contribution is -0.384. The number of para-hydroxylation sites is 1. The normalized spacial score (nSPS) is 14.9. The maximum Gasteiger partial charge on any atom is 0.271 e. The van der Waals surface area contributed by atoms with Gasteiger partial charge >= 0.3 is 0 Å². The van der Waals surface area contributed by atoms with Gasteiger partial charge in [0.2, 0.25) is 10.0 Å². The number of nitro groups is 1. The molecule has 2 aromatic rings. The molecule has 0 radical (unpaired) electrons. The molecule has 0 saturated carbocycles. The minimum atomic E-state index is -3.86. The molecular formula is C19H21N3O5S. The van der Waals surface area contributed by atoms with E-state index in [4.69, 9.17) is 0 Å². The number of anilines is 2. The van der Waals surface area contributed by atoms with Crippen molar-refractivity contribution in [2.75, 3.05) is 22.0 Å². The van der Waals surface area contributed by atoms with E-state index in [9.17, 15) is 23.3 Å². The van der Waals surface area contributed by atoms with E-state index in [0.29, 0.717) is 6.54 Å². The van der Waals surface area contributed by atoms with Crippen molar-refractivity contribution >= 4 is 33.0 Å². The number of fused-ring (bicyclic) bond motifs is 1. The Labute approximate surface area is 163 Å². The quantitative estimate of drug-likeness (QED) is 0.564. The molecule has 0 aromatic heterocycles. The third-order valence-electron chi connectivity index (χ3n) is 4.74. The highest BCUT2D eigenvalue weighted by molar-refractivity contribution is 7.92. The van der Waals surface area contributed by atoms with Crippen molar-refractivity contribution in [1.82, 2.24) is 0 Å². The summed E-state index contributed by atoms with van der Waals surface area (Å²) in [4.78, 5) is 25.3. The lowest BCUT2D eigenvalue weighted by atomic mass is 10.0. The molecule has 0 bridgehead atoms. The molecule has 0 spiro atoms. The molecule has 1 atom stereocenters. The number of carbonyl (C=O) groups is 1. The number of hydrogen-bond acceptors (Lipinski definition) is 5. The van der Waals surface area contributed by atoms with Gasteiger partial charge in [0.05, 0.1) is 16.9 Å². The van der Waals surface area contributed by atoms with Crippen molar-refractivity contribution in [3.63, 3.8) is 0 Å². The Bertz CT molecular complexity index is 1020. The average molecular weight is 403 g/mol. The second-order valence-corrected chi connectivity index (χ2v) is 8.59. The van der Waals surface area contributed by atoms with Crippen molar-refractivity contribution in [1.29, 1.82) is 0 Å². The number of carbonyl (C=O) groups excluding carboxylic acids is 1. The van der Waals surface area contributed by atoms with Crippen LogP contribution in [0.5, 0.6) is 0 Å². The Hall–Kier alpha value is -2.94. The van der Waals surface area contributed by atoms with Crippen molar-refractivity contribution in [3.05, 3.63) is 64.2 Å². The number of hydrogen-bond donors (Lipinski definition) is 0. The summed E-state index contributed by atoms with van der Waals surface area (Å²) in [7, 11) is -3.86. The Morgan fingerprint density at radius 3 is 2.61 bits per heavy atom. The summed E-state index contributed by atoms with van der Waals surface area (Å²) in [5.74, 6) is -0.371. The molecular weight excluding hydrogens is 382 g/mol. The third kappa shape index (κ3) is 3.84. The highest BCUT2D eigenvalue weighted by Gasteiger charge is 2.34. The predicted octanol–water partition coefficient (Wildman–Crippen LogP) is 2.73. The molecule has 1 amide bonds. The van der Waals surface area contributed by atoms with Crippen LogP contribution in [0.4, 0.5) is 17.1 Å². The number of sulfonamides is 1. The zero-order valence-corrected chi connectivity index (χ0v) is 16.4. The van der Waals surface area contributed by atoms with Crippen LogP contribution in [0.3, 0.4) is 0 Å². The second kappa shape index (κ2) is 7.59. The molecule has 0 N–H and O–H groups in total. The van der Waals surface area contributed by atoms with Gasteiger partial charge in [-0.1, -0.05) is 24.3 Å². The van der Waals surface area contributed by atoms with Gasteiger partial charge in [-0.25, -0.2) is 8.42 Å². The summed E-state index contributed by atoms with van der Waals surface area (Å²) in [6.45, 7) is 1.99. The number of aryl methyl sites for hydroxylation is 1. The van der Waals surface area contributed by atoms with E-state index < -0.39 is 21.0 Å². The van der Waals surface area contributed by atoms with E-state index in [1.54, 1.807) is 4.90 Å². The molecule has 0 aliphatic carbocycles. The standard InChI is InChI=1S/C19H21N3O5S/c1-14(19(23)20-12-6-8-15-7-3-4-11-18(15)20)21(28(2,26)27)16-9-5-10-17(13-16)22(24)25/h3-5,7,9-11,13-14H,6,8,12H2,1-2H3/t14-/m1/s1. The van der Waals surface area contributed by atoms with Crippen LogP contribution < -0.4 is 9.21 Å². The zero-order valence-electron chi connectivity index (χ0n) is 15.6. The second-order valence-electron chi connectivity index (χ2n) is 6.73. The highest BCUT2D eigenvalue weighted by atomic mass is 32.2. The van der Waals surface area contributed by atoms with Gasteiger partial charge in [-0.2, -0.15) is 0 Å². The van der Waals surface area contributed by atoms with Crippen molar-refractivity contribution in [3.8, 4) is 0 Å². The van der Waals surface area contributed by atoms with Crippen molar-refractivity contribution < 1.29 is 18.1 Å². The molecule has 1 aliphatic rings. The molecule has 0 unspecified atom stereocenters. The van der Waals surface area contributed by atoms with Crippen molar-refractivity contribution in [2.45, 2.75) is 25.8 Å². The van der Waals surface area contributed by atoms with Gasteiger partial charge < -0.3 is 4.90 Å². The predicted molar refractivity (Wildman–Crippen MR) is 107 cm³/mol. The molecule has 1 aliphatic heterocycles. The Kier molecular flexibility index (Phi) is 5.37. The van der Waals surface area contributed by atoms with Gasteiger partial charge in [0.1, 0.15) is 6.04 Å². The Balaban J connectivity index is 2.00. The fourth-order valence-corrected chi connectivity index (χ4v) is 4.70. The van der Waals surface area contributed by atoms with Crippen LogP contribution in [0.25, 0.3) is 0 Å². The van der Waals surface area contributed by atoms with Gasteiger partial charge in [-0.15, -0.1) is 0 Å². The number of benzene rings is 2. The number of amides is 1.